The van der Waals surface area contributed by atoms with Gasteiger partial charge in [0.2, 0.25) is 10.0 Å². The first kappa shape index (κ1) is 18.6. The summed E-state index contributed by atoms with van der Waals surface area (Å²) in [6.07, 6.45) is 4.13. The molecule has 0 amide bonds. The molecule has 6 heteroatoms. The quantitative estimate of drug-likeness (QED) is 0.597. The lowest BCUT2D eigenvalue weighted by molar-refractivity contribution is 0.116. The van der Waals surface area contributed by atoms with Gasteiger partial charge in [0, 0.05) is 0 Å². The summed E-state index contributed by atoms with van der Waals surface area (Å²) in [5.41, 5.74) is 1.97. The van der Waals surface area contributed by atoms with Crippen molar-refractivity contribution in [3.8, 4) is 12.3 Å². The van der Waals surface area contributed by atoms with E-state index in [1.54, 1.807) is 24.3 Å². The Morgan fingerprint density at radius 1 is 1.19 bits per heavy atom. The van der Waals surface area contributed by atoms with Gasteiger partial charge in [-0.15, -0.1) is 6.42 Å². The Balaban J connectivity index is 1.72. The molecule has 0 bridgehead atoms. The molecule has 2 aromatic rings. The minimum atomic E-state index is -3.73. The van der Waals surface area contributed by atoms with E-state index in [9.17, 15) is 13.5 Å². The van der Waals surface area contributed by atoms with Gasteiger partial charge in [0.15, 0.2) is 0 Å². The standard InChI is InChI=1S/C20H21NO4S/c1-3-19(22)20-18(14-25-13-16-7-5-4-6-8-16)21(20)26(23,24)17-11-9-15(2)10-12-17/h1,4-12,18-20,22H,13-14H2,2H3/t18-,19+,20+,21?/m1/s1. The molecule has 0 radical (unpaired) electrons. The van der Waals surface area contributed by atoms with E-state index < -0.39 is 28.2 Å². The highest BCUT2D eigenvalue weighted by atomic mass is 32.2. The number of sulfonamides is 1. The third-order valence-electron chi connectivity index (χ3n) is 4.42. The molecule has 1 unspecified atom stereocenters. The second-order valence-corrected chi connectivity index (χ2v) is 8.16. The maximum Gasteiger partial charge on any atom is 0.243 e. The van der Waals surface area contributed by atoms with Crippen LogP contribution in [0, 0.1) is 19.3 Å². The largest absolute Gasteiger partial charge is 0.379 e. The zero-order valence-corrected chi connectivity index (χ0v) is 15.3. The zero-order valence-electron chi connectivity index (χ0n) is 14.4. The Labute approximate surface area is 154 Å². The fourth-order valence-corrected chi connectivity index (χ4v) is 4.73. The summed E-state index contributed by atoms with van der Waals surface area (Å²) >= 11 is 0. The molecule has 0 aliphatic carbocycles. The average molecular weight is 371 g/mol. The molecular weight excluding hydrogens is 350 g/mol. The maximum atomic E-state index is 12.9. The molecular formula is C20H21NO4S. The average Bonchev–Trinajstić information content (AvgIpc) is 3.37. The molecule has 1 heterocycles. The molecule has 2 aromatic carbocycles. The van der Waals surface area contributed by atoms with Gasteiger partial charge in [0.25, 0.3) is 0 Å². The maximum absolute atomic E-state index is 12.9. The molecule has 0 spiro atoms. The molecule has 1 aliphatic rings. The number of aryl methyl sites for hydroxylation is 1. The van der Waals surface area contributed by atoms with Crippen LogP contribution in [0.1, 0.15) is 11.1 Å². The normalized spacial score (nSPS) is 23.2. The van der Waals surface area contributed by atoms with Crippen molar-refractivity contribution in [1.29, 1.82) is 0 Å². The van der Waals surface area contributed by atoms with E-state index >= 15 is 0 Å². The molecule has 136 valence electrons. The van der Waals surface area contributed by atoms with Gasteiger partial charge in [0.1, 0.15) is 6.10 Å². The van der Waals surface area contributed by atoms with Gasteiger partial charge in [-0.25, -0.2) is 8.42 Å². The van der Waals surface area contributed by atoms with E-state index in [0.717, 1.165) is 11.1 Å². The summed E-state index contributed by atoms with van der Waals surface area (Å²) in [5.74, 6) is 2.22. The van der Waals surface area contributed by atoms with Crippen LogP contribution in [-0.2, 0) is 21.4 Å². The van der Waals surface area contributed by atoms with E-state index in [2.05, 4.69) is 5.92 Å². The van der Waals surface area contributed by atoms with E-state index in [1.165, 1.54) is 4.31 Å². The third kappa shape index (κ3) is 3.81. The second-order valence-electron chi connectivity index (χ2n) is 6.32. The highest BCUT2D eigenvalue weighted by Gasteiger charge is 2.58. The van der Waals surface area contributed by atoms with Crippen LogP contribution >= 0.6 is 0 Å². The monoisotopic (exact) mass is 371 g/mol. The SMILES string of the molecule is C#C[C@H](O)[C@@H]1[C@@H](COCc2ccccc2)N1S(=O)(=O)c1ccc(C)cc1. The van der Waals surface area contributed by atoms with E-state index in [1.807, 2.05) is 37.3 Å². The van der Waals surface area contributed by atoms with Crippen molar-refractivity contribution in [1.82, 2.24) is 4.31 Å². The van der Waals surface area contributed by atoms with Gasteiger partial charge in [0.05, 0.1) is 30.2 Å². The first-order valence-electron chi connectivity index (χ1n) is 8.31. The number of terminal acetylenes is 1. The van der Waals surface area contributed by atoms with Crippen LogP contribution in [0.25, 0.3) is 0 Å². The van der Waals surface area contributed by atoms with Crippen molar-refractivity contribution in [2.24, 2.45) is 0 Å². The fourth-order valence-electron chi connectivity index (χ4n) is 2.94. The minimum absolute atomic E-state index is 0.170. The molecule has 1 saturated heterocycles. The van der Waals surface area contributed by atoms with Crippen LogP contribution in [-0.4, -0.2) is 42.6 Å². The fraction of sp³-hybridized carbons (Fsp3) is 0.300. The van der Waals surface area contributed by atoms with Crippen molar-refractivity contribution in [2.75, 3.05) is 6.61 Å². The number of benzene rings is 2. The molecule has 1 fully saturated rings. The van der Waals surface area contributed by atoms with Gasteiger partial charge >= 0.3 is 0 Å². The van der Waals surface area contributed by atoms with Crippen molar-refractivity contribution in [3.63, 3.8) is 0 Å². The van der Waals surface area contributed by atoms with Gasteiger partial charge in [-0.1, -0.05) is 53.9 Å². The summed E-state index contributed by atoms with van der Waals surface area (Å²) in [6, 6.07) is 15.1. The highest BCUT2D eigenvalue weighted by molar-refractivity contribution is 7.89. The van der Waals surface area contributed by atoms with Crippen LogP contribution in [0.5, 0.6) is 0 Å². The van der Waals surface area contributed by atoms with Gasteiger partial charge in [-0.05, 0) is 24.6 Å². The van der Waals surface area contributed by atoms with Gasteiger partial charge in [-0.2, -0.15) is 4.31 Å². The van der Waals surface area contributed by atoms with Crippen molar-refractivity contribution < 1.29 is 18.3 Å². The van der Waals surface area contributed by atoms with E-state index in [4.69, 9.17) is 11.2 Å². The van der Waals surface area contributed by atoms with Gasteiger partial charge < -0.3 is 9.84 Å². The molecule has 1 aliphatic heterocycles. The van der Waals surface area contributed by atoms with Crippen molar-refractivity contribution in [2.45, 2.75) is 36.6 Å². The number of hydrogen-bond donors (Lipinski definition) is 1. The Kier molecular flexibility index (Phi) is 5.44. The summed E-state index contributed by atoms with van der Waals surface area (Å²) in [6.45, 7) is 2.43. The number of nitrogens with zero attached hydrogens (tertiary/aromatic N) is 1. The minimum Gasteiger partial charge on any atom is -0.379 e. The van der Waals surface area contributed by atoms with E-state index in [0.29, 0.717) is 6.61 Å². The first-order valence-corrected chi connectivity index (χ1v) is 9.75. The second kappa shape index (κ2) is 7.60. The molecule has 26 heavy (non-hydrogen) atoms. The molecule has 0 aromatic heterocycles. The summed E-state index contributed by atoms with van der Waals surface area (Å²) < 4.78 is 32.6. The summed E-state index contributed by atoms with van der Waals surface area (Å²) in [7, 11) is -3.73. The first-order chi connectivity index (χ1) is 12.4. The Hall–Kier alpha value is -2.17. The number of hydrogen-bond acceptors (Lipinski definition) is 4. The number of aliphatic hydroxyl groups excluding tert-OH is 1. The zero-order chi connectivity index (χ0) is 18.7. The number of rotatable bonds is 7. The molecule has 5 nitrogen and oxygen atoms in total. The van der Waals surface area contributed by atoms with E-state index in [-0.39, 0.29) is 11.5 Å². The molecule has 1 N–H and O–H groups in total. The highest BCUT2D eigenvalue weighted by Crippen LogP contribution is 2.38. The third-order valence-corrected chi connectivity index (χ3v) is 6.35. The molecule has 4 atom stereocenters. The Morgan fingerprint density at radius 2 is 1.85 bits per heavy atom. The molecule has 3 rings (SSSR count). The lowest BCUT2D eigenvalue weighted by Gasteiger charge is -2.08. The lowest BCUT2D eigenvalue weighted by Crippen LogP contribution is -2.21. The smallest absolute Gasteiger partial charge is 0.243 e. The predicted molar refractivity (Wildman–Crippen MR) is 98.7 cm³/mol. The van der Waals surface area contributed by atoms with Crippen LogP contribution in [0.4, 0.5) is 0 Å². The number of aliphatic hydroxyl groups is 1. The topological polar surface area (TPSA) is 66.6 Å². The Morgan fingerprint density at radius 3 is 2.46 bits per heavy atom. The van der Waals surface area contributed by atoms with Crippen LogP contribution < -0.4 is 0 Å². The van der Waals surface area contributed by atoms with Crippen LogP contribution in [0.2, 0.25) is 0 Å². The Bertz CT molecular complexity index is 888. The van der Waals surface area contributed by atoms with Crippen LogP contribution in [0.3, 0.4) is 0 Å². The summed E-state index contributed by atoms with van der Waals surface area (Å²) in [5, 5.41) is 10.0. The molecule has 0 saturated carbocycles. The van der Waals surface area contributed by atoms with Crippen molar-refractivity contribution >= 4 is 10.0 Å². The van der Waals surface area contributed by atoms with Crippen LogP contribution in [0.15, 0.2) is 59.5 Å². The summed E-state index contributed by atoms with van der Waals surface area (Å²) in [4.78, 5) is 0.183. The number of ether oxygens (including phenoxy) is 1. The van der Waals surface area contributed by atoms with Crippen molar-refractivity contribution in [3.05, 3.63) is 65.7 Å². The van der Waals surface area contributed by atoms with Gasteiger partial charge in [-0.3, -0.25) is 0 Å². The lowest BCUT2D eigenvalue weighted by atomic mass is 10.2. The predicted octanol–water partition coefficient (Wildman–Crippen LogP) is 1.95.